The maximum Gasteiger partial charge on any atom is 0.261 e. The molecule has 0 spiro atoms. The van der Waals surface area contributed by atoms with E-state index in [-0.39, 0.29) is 5.91 Å². The number of aromatic nitrogens is 3. The third kappa shape index (κ3) is 2.90. The number of carbonyl (C=O) groups is 1. The second-order valence-electron chi connectivity index (χ2n) is 5.33. The summed E-state index contributed by atoms with van der Waals surface area (Å²) >= 11 is 1.65. The Morgan fingerprint density at radius 3 is 3.30 bits per heavy atom. The van der Waals surface area contributed by atoms with Crippen LogP contribution in [0.15, 0.2) is 18.5 Å². The van der Waals surface area contributed by atoms with Crippen molar-refractivity contribution in [3.8, 4) is 0 Å². The molecule has 0 aromatic carbocycles. The van der Waals surface area contributed by atoms with Gasteiger partial charge in [-0.05, 0) is 36.8 Å². The summed E-state index contributed by atoms with van der Waals surface area (Å²) in [5.41, 5.74) is 1.37. The molecule has 0 aliphatic heterocycles. The molecule has 0 fully saturated rings. The topological polar surface area (TPSA) is 59.8 Å². The number of nitrogens with one attached hydrogen (secondary N) is 1. The van der Waals surface area contributed by atoms with Crippen LogP contribution in [0.2, 0.25) is 0 Å². The van der Waals surface area contributed by atoms with Crippen LogP contribution in [0.5, 0.6) is 0 Å². The first kappa shape index (κ1) is 13.3. The molecule has 1 N–H and O–H groups in total. The third-order valence-corrected chi connectivity index (χ3v) is 4.89. The van der Waals surface area contributed by atoms with Crippen LogP contribution in [-0.2, 0) is 19.4 Å². The minimum absolute atomic E-state index is 0.0252. The Bertz CT molecular complexity index is 590. The molecule has 0 bridgehead atoms. The van der Waals surface area contributed by atoms with Gasteiger partial charge in [0, 0.05) is 17.6 Å². The summed E-state index contributed by atoms with van der Waals surface area (Å²) in [4.78, 5) is 14.4. The van der Waals surface area contributed by atoms with Gasteiger partial charge in [0.15, 0.2) is 0 Å². The smallest absolute Gasteiger partial charge is 0.261 e. The average molecular weight is 290 g/mol. The maximum atomic E-state index is 12.1. The molecule has 1 amide bonds. The number of amides is 1. The van der Waals surface area contributed by atoms with Crippen molar-refractivity contribution in [1.82, 2.24) is 20.3 Å². The van der Waals surface area contributed by atoms with Gasteiger partial charge in [-0.25, -0.2) is 0 Å². The third-order valence-electron chi connectivity index (χ3n) is 3.65. The molecular weight excluding hydrogens is 272 g/mol. The normalized spacial score (nSPS) is 17.8. The molecular formula is C14H18N4OS. The second kappa shape index (κ2) is 5.75. The SMILES string of the molecule is CC1CCc2sc(C(=O)NCCn3ccnn3)cc2C1. The van der Waals surface area contributed by atoms with Gasteiger partial charge in [0.1, 0.15) is 0 Å². The van der Waals surface area contributed by atoms with Crippen molar-refractivity contribution in [2.45, 2.75) is 32.7 Å². The quantitative estimate of drug-likeness (QED) is 0.935. The first-order valence-electron chi connectivity index (χ1n) is 6.96. The van der Waals surface area contributed by atoms with E-state index in [1.165, 1.54) is 16.9 Å². The number of nitrogens with zero attached hydrogens (tertiary/aromatic N) is 3. The first-order chi connectivity index (χ1) is 9.72. The number of thiophene rings is 1. The van der Waals surface area contributed by atoms with Crippen LogP contribution in [0.3, 0.4) is 0 Å². The highest BCUT2D eigenvalue weighted by atomic mass is 32.1. The van der Waals surface area contributed by atoms with Crippen LogP contribution >= 0.6 is 11.3 Å². The molecule has 0 radical (unpaired) electrons. The van der Waals surface area contributed by atoms with Gasteiger partial charge in [0.2, 0.25) is 0 Å². The van der Waals surface area contributed by atoms with E-state index in [1.54, 1.807) is 28.4 Å². The Morgan fingerprint density at radius 1 is 1.60 bits per heavy atom. The van der Waals surface area contributed by atoms with E-state index in [4.69, 9.17) is 0 Å². The van der Waals surface area contributed by atoms with E-state index < -0.39 is 0 Å². The predicted molar refractivity (Wildman–Crippen MR) is 77.9 cm³/mol. The summed E-state index contributed by atoms with van der Waals surface area (Å²) in [6.45, 7) is 3.49. The standard InChI is InChI=1S/C14H18N4OS/c1-10-2-3-12-11(8-10)9-13(20-12)14(19)15-4-6-18-7-5-16-17-18/h5,7,9-10H,2-4,6,8H2,1H3,(H,15,19). The number of aryl methyl sites for hydroxylation is 1. The van der Waals surface area contributed by atoms with E-state index in [0.29, 0.717) is 13.1 Å². The van der Waals surface area contributed by atoms with Crippen LogP contribution in [0.25, 0.3) is 0 Å². The number of carbonyl (C=O) groups excluding carboxylic acids is 1. The summed E-state index contributed by atoms with van der Waals surface area (Å²) in [5.74, 6) is 0.762. The lowest BCUT2D eigenvalue weighted by molar-refractivity contribution is 0.0956. The van der Waals surface area contributed by atoms with Crippen molar-refractivity contribution in [1.29, 1.82) is 0 Å². The largest absolute Gasteiger partial charge is 0.349 e. The first-order valence-corrected chi connectivity index (χ1v) is 7.78. The highest BCUT2D eigenvalue weighted by Gasteiger charge is 2.20. The van der Waals surface area contributed by atoms with Gasteiger partial charge in [-0.1, -0.05) is 12.1 Å². The Morgan fingerprint density at radius 2 is 2.50 bits per heavy atom. The Kier molecular flexibility index (Phi) is 3.82. The fourth-order valence-corrected chi connectivity index (χ4v) is 3.67. The minimum Gasteiger partial charge on any atom is -0.349 e. The zero-order valence-corrected chi connectivity index (χ0v) is 12.3. The van der Waals surface area contributed by atoms with Crippen molar-refractivity contribution < 1.29 is 4.79 Å². The zero-order chi connectivity index (χ0) is 13.9. The molecule has 20 heavy (non-hydrogen) atoms. The molecule has 1 aliphatic carbocycles. The Balaban J connectivity index is 1.57. The molecule has 2 aromatic rings. The van der Waals surface area contributed by atoms with E-state index >= 15 is 0 Å². The van der Waals surface area contributed by atoms with Crippen molar-refractivity contribution in [3.63, 3.8) is 0 Å². The van der Waals surface area contributed by atoms with Gasteiger partial charge < -0.3 is 5.32 Å². The van der Waals surface area contributed by atoms with E-state index in [9.17, 15) is 4.79 Å². The van der Waals surface area contributed by atoms with E-state index in [1.807, 2.05) is 0 Å². The molecule has 2 aromatic heterocycles. The van der Waals surface area contributed by atoms with Gasteiger partial charge in [-0.3, -0.25) is 9.48 Å². The average Bonchev–Trinajstić information content (AvgIpc) is 3.06. The van der Waals surface area contributed by atoms with Gasteiger partial charge >= 0.3 is 0 Å². The van der Waals surface area contributed by atoms with Crippen molar-refractivity contribution in [2.24, 2.45) is 5.92 Å². The summed E-state index contributed by atoms with van der Waals surface area (Å²) in [6, 6.07) is 2.07. The fourth-order valence-electron chi connectivity index (χ4n) is 2.54. The molecule has 2 heterocycles. The summed E-state index contributed by atoms with van der Waals surface area (Å²) in [5, 5.41) is 10.5. The molecule has 0 saturated carbocycles. The van der Waals surface area contributed by atoms with Crippen LogP contribution in [0, 0.1) is 5.92 Å². The zero-order valence-electron chi connectivity index (χ0n) is 11.5. The van der Waals surface area contributed by atoms with Gasteiger partial charge in [0.25, 0.3) is 5.91 Å². The summed E-state index contributed by atoms with van der Waals surface area (Å²) in [7, 11) is 0. The molecule has 1 atom stereocenters. The highest BCUT2D eigenvalue weighted by molar-refractivity contribution is 7.14. The van der Waals surface area contributed by atoms with Crippen molar-refractivity contribution >= 4 is 17.2 Å². The number of fused-ring (bicyclic) bond motifs is 1. The lowest BCUT2D eigenvalue weighted by Gasteiger charge is -2.16. The molecule has 0 saturated heterocycles. The predicted octanol–water partition coefficient (Wildman–Crippen LogP) is 1.89. The number of hydrogen-bond acceptors (Lipinski definition) is 4. The van der Waals surface area contributed by atoms with Crippen LogP contribution < -0.4 is 5.32 Å². The monoisotopic (exact) mass is 290 g/mol. The maximum absolute atomic E-state index is 12.1. The molecule has 3 rings (SSSR count). The number of rotatable bonds is 4. The van der Waals surface area contributed by atoms with Gasteiger partial charge in [0.05, 0.1) is 17.6 Å². The van der Waals surface area contributed by atoms with Crippen LogP contribution in [-0.4, -0.2) is 27.4 Å². The molecule has 1 aliphatic rings. The van der Waals surface area contributed by atoms with Crippen LogP contribution in [0.1, 0.15) is 33.5 Å². The minimum atomic E-state index is 0.0252. The number of hydrogen-bond donors (Lipinski definition) is 1. The van der Waals surface area contributed by atoms with E-state index in [0.717, 1.165) is 23.6 Å². The van der Waals surface area contributed by atoms with Crippen molar-refractivity contribution in [2.75, 3.05) is 6.54 Å². The Labute approximate surface area is 122 Å². The summed E-state index contributed by atoms with van der Waals surface area (Å²) in [6.07, 6.45) is 6.89. The van der Waals surface area contributed by atoms with Crippen LogP contribution in [0.4, 0.5) is 0 Å². The molecule has 1 unspecified atom stereocenters. The fraction of sp³-hybridized carbons (Fsp3) is 0.500. The lowest BCUT2D eigenvalue weighted by atomic mass is 9.90. The highest BCUT2D eigenvalue weighted by Crippen LogP contribution is 2.32. The van der Waals surface area contributed by atoms with Gasteiger partial charge in [-0.2, -0.15) is 0 Å². The lowest BCUT2D eigenvalue weighted by Crippen LogP contribution is -2.26. The van der Waals surface area contributed by atoms with Gasteiger partial charge in [-0.15, -0.1) is 16.4 Å². The second-order valence-corrected chi connectivity index (χ2v) is 6.47. The molecule has 6 heteroatoms. The van der Waals surface area contributed by atoms with Crippen molar-refractivity contribution in [3.05, 3.63) is 33.8 Å². The van der Waals surface area contributed by atoms with E-state index in [2.05, 4.69) is 28.6 Å². The Hall–Kier alpha value is -1.69. The molecule has 106 valence electrons. The molecule has 5 nitrogen and oxygen atoms in total. The summed E-state index contributed by atoms with van der Waals surface area (Å²) < 4.78 is 1.71.